The van der Waals surface area contributed by atoms with Crippen LogP contribution in [0.2, 0.25) is 10.1 Å². The van der Waals surface area contributed by atoms with Gasteiger partial charge in [0.25, 0.3) is 0 Å². The predicted octanol–water partition coefficient (Wildman–Crippen LogP) is 4.18. The van der Waals surface area contributed by atoms with Crippen molar-refractivity contribution in [2.75, 3.05) is 6.61 Å². The van der Waals surface area contributed by atoms with Crippen molar-refractivity contribution in [2.24, 2.45) is 0 Å². The Bertz CT molecular complexity index is 450. The van der Waals surface area contributed by atoms with E-state index in [1.807, 2.05) is 0 Å². The lowest BCUT2D eigenvalue weighted by Crippen LogP contribution is -2.64. The molecule has 2 heterocycles. The molecular weight excluding hydrogens is 292 g/mol. The second-order valence-electron chi connectivity index (χ2n) is 8.38. The molecule has 124 valence electrons. The van der Waals surface area contributed by atoms with E-state index in [4.69, 9.17) is 20.0 Å². The summed E-state index contributed by atoms with van der Waals surface area (Å²) < 4.78 is 19.3. The van der Waals surface area contributed by atoms with Gasteiger partial charge in [-0.3, -0.25) is 0 Å². The van der Waals surface area contributed by atoms with Gasteiger partial charge in [-0.15, -0.1) is 12.3 Å². The first-order valence-electron chi connectivity index (χ1n) is 8.18. The van der Waals surface area contributed by atoms with Crippen LogP contribution < -0.4 is 0 Å². The number of rotatable bonds is 1. The minimum absolute atomic E-state index is 0.00538. The van der Waals surface area contributed by atoms with Gasteiger partial charge in [-0.25, -0.2) is 0 Å². The number of fused-ring (bicyclic) bond motifs is 1. The first-order valence-corrected chi connectivity index (χ1v) is 10.00. The molecule has 0 N–H and O–H groups in total. The highest BCUT2D eigenvalue weighted by molar-refractivity contribution is 6.73. The van der Waals surface area contributed by atoms with Crippen LogP contribution in [0.1, 0.15) is 54.4 Å². The second kappa shape index (κ2) is 6.12. The van der Waals surface area contributed by atoms with Crippen LogP contribution in [0.25, 0.3) is 0 Å². The smallest absolute Gasteiger partial charge is 0.349 e. The summed E-state index contributed by atoms with van der Waals surface area (Å²) in [5.41, 5.74) is 0. The minimum atomic E-state index is -2.43. The molecule has 0 aromatic carbocycles. The van der Waals surface area contributed by atoms with Gasteiger partial charge < -0.3 is 13.6 Å². The van der Waals surface area contributed by atoms with E-state index in [2.05, 4.69) is 59.6 Å². The van der Waals surface area contributed by atoms with E-state index < -0.39 is 8.56 Å². The molecule has 3 atom stereocenters. The van der Waals surface area contributed by atoms with Crippen molar-refractivity contribution in [1.82, 2.24) is 0 Å². The number of hydrogen-bond acceptors (Lipinski definition) is 3. The standard InChI is InChI=1S/C18H30O3Si/c1-8-10-14-11-9-12-15-16(20-14)13-19-22(21-15,17(2,3)4)18(5,6)7/h1,9,12,14-16H,10-11,13H2,2-7H3/t14-,15-,16-/m1/s1. The van der Waals surface area contributed by atoms with Gasteiger partial charge in [-0.2, -0.15) is 0 Å². The number of terminal acetylenes is 1. The van der Waals surface area contributed by atoms with E-state index in [0.717, 1.165) is 6.42 Å². The summed E-state index contributed by atoms with van der Waals surface area (Å²) in [7, 11) is -2.43. The van der Waals surface area contributed by atoms with Crippen LogP contribution in [0.4, 0.5) is 0 Å². The Morgan fingerprint density at radius 2 is 1.82 bits per heavy atom. The maximum atomic E-state index is 6.67. The van der Waals surface area contributed by atoms with Crippen molar-refractivity contribution in [3.63, 3.8) is 0 Å². The summed E-state index contributed by atoms with van der Waals surface area (Å²) in [5.74, 6) is 2.69. The molecule has 3 nitrogen and oxygen atoms in total. The van der Waals surface area contributed by atoms with Crippen molar-refractivity contribution in [3.8, 4) is 12.3 Å². The molecule has 0 amide bonds. The van der Waals surface area contributed by atoms with Crippen molar-refractivity contribution >= 4 is 8.56 Å². The molecule has 4 heteroatoms. The Hall–Kier alpha value is -0.603. The Labute approximate surface area is 136 Å². The predicted molar refractivity (Wildman–Crippen MR) is 91.9 cm³/mol. The van der Waals surface area contributed by atoms with Gasteiger partial charge in [-0.1, -0.05) is 53.7 Å². The minimum Gasteiger partial charge on any atom is -0.391 e. The maximum absolute atomic E-state index is 6.67. The molecule has 0 spiro atoms. The van der Waals surface area contributed by atoms with Crippen LogP contribution in [-0.4, -0.2) is 33.5 Å². The fraction of sp³-hybridized carbons (Fsp3) is 0.778. The van der Waals surface area contributed by atoms with Crippen LogP contribution in [-0.2, 0) is 13.6 Å². The van der Waals surface area contributed by atoms with Crippen molar-refractivity contribution < 1.29 is 13.6 Å². The van der Waals surface area contributed by atoms with Crippen molar-refractivity contribution in [2.45, 2.75) is 82.8 Å². The Morgan fingerprint density at radius 3 is 2.36 bits per heavy atom. The van der Waals surface area contributed by atoms with E-state index in [1.165, 1.54) is 0 Å². The molecule has 0 saturated carbocycles. The molecule has 0 unspecified atom stereocenters. The van der Waals surface area contributed by atoms with Gasteiger partial charge in [0.05, 0.1) is 18.8 Å². The summed E-state index contributed by atoms with van der Waals surface area (Å²) in [5, 5.41) is -0.0108. The first kappa shape index (κ1) is 17.7. The van der Waals surface area contributed by atoms with Gasteiger partial charge >= 0.3 is 8.56 Å². The fourth-order valence-corrected chi connectivity index (χ4v) is 8.62. The van der Waals surface area contributed by atoms with Gasteiger partial charge in [-0.05, 0) is 6.42 Å². The highest BCUT2D eigenvalue weighted by Gasteiger charge is 2.61. The monoisotopic (exact) mass is 322 g/mol. The summed E-state index contributed by atoms with van der Waals surface area (Å²) in [6, 6.07) is 0. The van der Waals surface area contributed by atoms with Crippen LogP contribution in [0.5, 0.6) is 0 Å². The average molecular weight is 323 g/mol. The molecule has 0 aromatic rings. The molecule has 0 aromatic heterocycles. The summed E-state index contributed by atoms with van der Waals surface area (Å²) >= 11 is 0. The van der Waals surface area contributed by atoms with Gasteiger partial charge in [0.15, 0.2) is 0 Å². The number of ether oxygens (including phenoxy) is 1. The van der Waals surface area contributed by atoms with E-state index in [0.29, 0.717) is 13.0 Å². The van der Waals surface area contributed by atoms with Crippen molar-refractivity contribution in [3.05, 3.63) is 12.2 Å². The first-order chi connectivity index (χ1) is 10.1. The highest BCUT2D eigenvalue weighted by atomic mass is 28.4. The third kappa shape index (κ3) is 3.19. The Morgan fingerprint density at radius 1 is 1.18 bits per heavy atom. The highest BCUT2D eigenvalue weighted by Crippen LogP contribution is 2.54. The molecule has 0 bridgehead atoms. The third-order valence-electron chi connectivity index (χ3n) is 4.53. The van der Waals surface area contributed by atoms with E-state index in [-0.39, 0.29) is 28.4 Å². The lowest BCUT2D eigenvalue weighted by atomic mass is 10.2. The SMILES string of the molecule is C#CC[C@@H]1CC=C[C@H]2O[Si](C(C)(C)C)(C(C)(C)C)OC[C@H]2O1. The maximum Gasteiger partial charge on any atom is 0.349 e. The summed E-state index contributed by atoms with van der Waals surface area (Å²) in [4.78, 5) is 0. The van der Waals surface area contributed by atoms with Crippen LogP contribution in [0, 0.1) is 12.3 Å². The van der Waals surface area contributed by atoms with Gasteiger partial charge in [0, 0.05) is 16.5 Å². The Balaban J connectivity index is 2.25. The van der Waals surface area contributed by atoms with E-state index in [1.54, 1.807) is 0 Å². The molecule has 2 aliphatic heterocycles. The molecule has 22 heavy (non-hydrogen) atoms. The normalized spacial score (nSPS) is 32.0. The summed E-state index contributed by atoms with van der Waals surface area (Å²) in [6.07, 6.45) is 11.2. The largest absolute Gasteiger partial charge is 0.391 e. The van der Waals surface area contributed by atoms with Gasteiger partial charge in [0.2, 0.25) is 0 Å². The number of hydrogen-bond donors (Lipinski definition) is 0. The van der Waals surface area contributed by atoms with Crippen molar-refractivity contribution in [1.29, 1.82) is 0 Å². The van der Waals surface area contributed by atoms with Gasteiger partial charge in [0.1, 0.15) is 6.10 Å². The van der Waals surface area contributed by atoms with Crippen LogP contribution in [0.15, 0.2) is 12.2 Å². The molecule has 2 aliphatic rings. The molecular formula is C18H30O3Si. The quantitative estimate of drug-likeness (QED) is 0.412. The van der Waals surface area contributed by atoms with Crippen LogP contribution >= 0.6 is 0 Å². The molecule has 2 rings (SSSR count). The van der Waals surface area contributed by atoms with Crippen LogP contribution in [0.3, 0.4) is 0 Å². The topological polar surface area (TPSA) is 27.7 Å². The zero-order chi connectivity index (χ0) is 16.6. The van der Waals surface area contributed by atoms with E-state index in [9.17, 15) is 0 Å². The third-order valence-corrected chi connectivity index (χ3v) is 9.66. The summed E-state index contributed by atoms with van der Waals surface area (Å²) in [6.45, 7) is 14.0. The molecule has 0 radical (unpaired) electrons. The average Bonchev–Trinajstić information content (AvgIpc) is 2.57. The Kier molecular flexibility index (Phi) is 4.94. The molecule has 1 saturated heterocycles. The molecule has 1 fully saturated rings. The van der Waals surface area contributed by atoms with E-state index >= 15 is 0 Å². The lowest BCUT2D eigenvalue weighted by Gasteiger charge is -2.54. The zero-order valence-electron chi connectivity index (χ0n) is 14.8. The lowest BCUT2D eigenvalue weighted by molar-refractivity contribution is -0.112. The molecule has 0 aliphatic carbocycles. The zero-order valence-corrected chi connectivity index (χ0v) is 15.8. The fourth-order valence-electron chi connectivity index (χ4n) is 3.72. The second-order valence-corrected chi connectivity index (χ2v) is 13.1.